The smallest absolute Gasteiger partial charge is 0.275 e. The maximum Gasteiger partial charge on any atom is 0.275 e. The number of fused-ring (bicyclic) bond motifs is 2. The Morgan fingerprint density at radius 3 is 2.68 bits per heavy atom. The molecule has 2 N–H and O–H groups in total. The third-order valence-corrected chi connectivity index (χ3v) is 8.03. The molecule has 1 aromatic heterocycles. The molecule has 3 aromatic rings. The largest absolute Gasteiger partial charge is 0.322 e. The Morgan fingerprint density at radius 1 is 1.18 bits per heavy atom. The van der Waals surface area contributed by atoms with Gasteiger partial charge in [-0.1, -0.05) is 50.6 Å². The summed E-state index contributed by atoms with van der Waals surface area (Å²) in [6.07, 6.45) is 2.76. The van der Waals surface area contributed by atoms with Crippen LogP contribution in [0, 0.1) is 11.3 Å². The van der Waals surface area contributed by atoms with Crippen molar-refractivity contribution in [2.75, 3.05) is 10.6 Å². The molecular formula is C27H26ClN3O2S. The Kier molecular flexibility index (Phi) is 5.82. The molecule has 2 aromatic carbocycles. The number of hydrogen-bond acceptors (Lipinski definition) is 4. The van der Waals surface area contributed by atoms with Crippen molar-refractivity contribution >= 4 is 56.8 Å². The summed E-state index contributed by atoms with van der Waals surface area (Å²) < 4.78 is 0. The van der Waals surface area contributed by atoms with E-state index in [9.17, 15) is 9.59 Å². The normalized spacial score (nSPS) is 18.4. The van der Waals surface area contributed by atoms with Crippen molar-refractivity contribution in [2.45, 2.75) is 40.0 Å². The average molecular weight is 492 g/mol. The molecular weight excluding hydrogens is 466 g/mol. The summed E-state index contributed by atoms with van der Waals surface area (Å²) in [4.78, 5) is 32.2. The quantitative estimate of drug-likeness (QED) is 0.419. The Hall–Kier alpha value is -2.96. The molecule has 1 aliphatic heterocycles. The second kappa shape index (κ2) is 8.67. The van der Waals surface area contributed by atoms with Crippen LogP contribution in [-0.4, -0.2) is 17.5 Å². The number of nitrogens with one attached hydrogen (secondary N) is 2. The number of nitrogens with zero attached hydrogens (tertiary/aromatic N) is 1. The van der Waals surface area contributed by atoms with E-state index in [2.05, 4.69) is 31.4 Å². The summed E-state index contributed by atoms with van der Waals surface area (Å²) in [5.74, 6) is 0.0473. The SMILES string of the molecule is CC(C)(C)[C@@H]1CCc2c(sc(N=C3C(=O)Nc4ccc(Cl)cc43)c2C(=O)Nc2ccccc2)C1. The van der Waals surface area contributed by atoms with Gasteiger partial charge in [0.15, 0.2) is 0 Å². The molecule has 1 aliphatic carbocycles. The zero-order valence-corrected chi connectivity index (χ0v) is 20.9. The number of rotatable bonds is 3. The minimum atomic E-state index is -0.286. The number of anilines is 2. The van der Waals surface area contributed by atoms with Gasteiger partial charge in [0.05, 0.1) is 11.3 Å². The van der Waals surface area contributed by atoms with Gasteiger partial charge < -0.3 is 10.6 Å². The molecule has 2 heterocycles. The third-order valence-electron chi connectivity index (χ3n) is 6.64. The number of aliphatic imine (C=N–C) groups is 1. The number of carbonyl (C=O) groups excluding carboxylic acids is 2. The van der Waals surface area contributed by atoms with Gasteiger partial charge in [-0.15, -0.1) is 11.3 Å². The van der Waals surface area contributed by atoms with Crippen molar-refractivity contribution in [3.05, 3.63) is 75.1 Å². The van der Waals surface area contributed by atoms with Crippen molar-refractivity contribution in [1.82, 2.24) is 0 Å². The number of para-hydroxylation sites is 1. The molecule has 5 nitrogen and oxygen atoms in total. The highest BCUT2D eigenvalue weighted by molar-refractivity contribution is 7.16. The molecule has 34 heavy (non-hydrogen) atoms. The van der Waals surface area contributed by atoms with Crippen molar-refractivity contribution in [1.29, 1.82) is 0 Å². The lowest BCUT2D eigenvalue weighted by atomic mass is 9.72. The lowest BCUT2D eigenvalue weighted by Gasteiger charge is -2.33. The van der Waals surface area contributed by atoms with Crippen LogP contribution in [0.25, 0.3) is 0 Å². The first-order valence-electron chi connectivity index (χ1n) is 11.4. The minimum Gasteiger partial charge on any atom is -0.322 e. The van der Waals surface area contributed by atoms with Crippen molar-refractivity contribution in [3.8, 4) is 0 Å². The molecule has 0 spiro atoms. The Bertz CT molecular complexity index is 1320. The van der Waals surface area contributed by atoms with E-state index in [-0.39, 0.29) is 22.9 Å². The number of carbonyl (C=O) groups is 2. The highest BCUT2D eigenvalue weighted by Gasteiger charge is 2.35. The van der Waals surface area contributed by atoms with Gasteiger partial charge in [-0.05, 0) is 66.5 Å². The second-order valence-corrected chi connectivity index (χ2v) is 11.4. The molecule has 0 bridgehead atoms. The van der Waals surface area contributed by atoms with Gasteiger partial charge in [0.25, 0.3) is 11.8 Å². The molecule has 0 saturated heterocycles. The molecule has 0 unspecified atom stereocenters. The second-order valence-electron chi connectivity index (χ2n) is 9.91. The summed E-state index contributed by atoms with van der Waals surface area (Å²) in [5.41, 5.74) is 4.17. The third kappa shape index (κ3) is 4.28. The van der Waals surface area contributed by atoms with E-state index >= 15 is 0 Å². The minimum absolute atomic E-state index is 0.182. The van der Waals surface area contributed by atoms with Crippen LogP contribution in [0.2, 0.25) is 5.02 Å². The van der Waals surface area contributed by atoms with Crippen LogP contribution in [0.5, 0.6) is 0 Å². The first-order chi connectivity index (χ1) is 16.2. The maximum absolute atomic E-state index is 13.5. The lowest BCUT2D eigenvalue weighted by Crippen LogP contribution is -2.27. The van der Waals surface area contributed by atoms with Crippen LogP contribution in [-0.2, 0) is 17.6 Å². The summed E-state index contributed by atoms with van der Waals surface area (Å²) >= 11 is 7.72. The van der Waals surface area contributed by atoms with Gasteiger partial charge >= 0.3 is 0 Å². The van der Waals surface area contributed by atoms with Crippen molar-refractivity contribution in [2.24, 2.45) is 16.3 Å². The molecule has 174 valence electrons. The fraction of sp³-hybridized carbons (Fsp3) is 0.296. The van der Waals surface area contributed by atoms with Crippen LogP contribution in [0.3, 0.4) is 0 Å². The topological polar surface area (TPSA) is 70.6 Å². The van der Waals surface area contributed by atoms with Gasteiger partial charge in [-0.2, -0.15) is 0 Å². The number of hydrogen-bond donors (Lipinski definition) is 2. The van der Waals surface area contributed by atoms with E-state index in [1.165, 1.54) is 16.2 Å². The molecule has 7 heteroatoms. The average Bonchev–Trinajstić information content (AvgIpc) is 3.30. The van der Waals surface area contributed by atoms with Gasteiger partial charge in [0, 0.05) is 21.2 Å². The van der Waals surface area contributed by atoms with E-state index in [1.807, 2.05) is 30.3 Å². The van der Waals surface area contributed by atoms with Gasteiger partial charge in [0.1, 0.15) is 10.7 Å². The monoisotopic (exact) mass is 491 g/mol. The molecule has 1 atom stereocenters. The van der Waals surface area contributed by atoms with E-state index < -0.39 is 0 Å². The Labute approximate surface area is 208 Å². The molecule has 0 radical (unpaired) electrons. The summed E-state index contributed by atoms with van der Waals surface area (Å²) in [7, 11) is 0. The highest BCUT2D eigenvalue weighted by Crippen LogP contribution is 2.46. The summed E-state index contributed by atoms with van der Waals surface area (Å²) in [6, 6.07) is 14.6. The Balaban J connectivity index is 1.60. The first kappa shape index (κ1) is 22.8. The Morgan fingerprint density at radius 2 is 1.94 bits per heavy atom. The lowest BCUT2D eigenvalue weighted by molar-refractivity contribution is -0.110. The summed E-state index contributed by atoms with van der Waals surface area (Å²) in [5, 5.41) is 6.97. The van der Waals surface area contributed by atoms with Gasteiger partial charge in [-0.25, -0.2) is 4.99 Å². The van der Waals surface area contributed by atoms with E-state index in [4.69, 9.17) is 16.6 Å². The van der Waals surface area contributed by atoms with Gasteiger partial charge in [0.2, 0.25) is 0 Å². The van der Waals surface area contributed by atoms with Crippen LogP contribution in [0.1, 0.15) is 53.6 Å². The van der Waals surface area contributed by atoms with Crippen molar-refractivity contribution in [3.63, 3.8) is 0 Å². The molecule has 0 fully saturated rings. The highest BCUT2D eigenvalue weighted by atomic mass is 35.5. The molecule has 2 amide bonds. The molecule has 5 rings (SSSR count). The van der Waals surface area contributed by atoms with Crippen molar-refractivity contribution < 1.29 is 9.59 Å². The fourth-order valence-electron chi connectivity index (χ4n) is 4.68. The van der Waals surface area contributed by atoms with E-state index in [1.54, 1.807) is 18.2 Å². The standard InChI is InChI=1S/C27H26ClN3O2S/c1-27(2,3)15-9-11-18-21(13-15)34-26(22(18)24(32)29-17-7-5-4-6-8-17)31-23-19-14-16(28)10-12-20(19)30-25(23)33/h4-8,10,12,14-15H,9,11,13H2,1-3H3,(H,29,32)(H,30,31,33)/t15-/m1/s1. The van der Waals surface area contributed by atoms with Gasteiger partial charge in [-0.3, -0.25) is 9.59 Å². The summed E-state index contributed by atoms with van der Waals surface area (Å²) in [6.45, 7) is 6.80. The fourth-order valence-corrected chi connectivity index (χ4v) is 6.15. The van der Waals surface area contributed by atoms with Crippen LogP contribution < -0.4 is 10.6 Å². The molecule has 0 saturated carbocycles. The molecule has 2 aliphatic rings. The predicted molar refractivity (Wildman–Crippen MR) is 140 cm³/mol. The first-order valence-corrected chi connectivity index (χ1v) is 12.6. The van der Waals surface area contributed by atoms with Crippen LogP contribution >= 0.6 is 22.9 Å². The van der Waals surface area contributed by atoms with Crippen LogP contribution in [0.15, 0.2) is 53.5 Å². The predicted octanol–water partition coefficient (Wildman–Crippen LogP) is 6.88. The maximum atomic E-state index is 13.5. The van der Waals surface area contributed by atoms with Crippen LogP contribution in [0.4, 0.5) is 16.4 Å². The van der Waals surface area contributed by atoms with E-state index in [0.717, 1.165) is 30.5 Å². The number of benzene rings is 2. The number of amides is 2. The zero-order valence-electron chi connectivity index (χ0n) is 19.4. The zero-order chi connectivity index (χ0) is 24.0. The number of halogens is 1. The number of thiophene rings is 1. The van der Waals surface area contributed by atoms with E-state index in [0.29, 0.717) is 32.8 Å².